The number of hydrogen-bond acceptors (Lipinski definition) is 8. The summed E-state index contributed by atoms with van der Waals surface area (Å²) in [7, 11) is -2.45. The topological polar surface area (TPSA) is 135 Å². The van der Waals surface area contributed by atoms with E-state index in [0.717, 1.165) is 21.9 Å². The molecule has 1 aliphatic carbocycles. The van der Waals surface area contributed by atoms with Crippen molar-refractivity contribution in [3.63, 3.8) is 0 Å². The number of anilines is 1. The number of phenols is 1. The third-order valence-corrected chi connectivity index (χ3v) is 10.3. The van der Waals surface area contributed by atoms with Crippen LogP contribution in [0.2, 0.25) is 0 Å². The lowest BCUT2D eigenvalue weighted by Crippen LogP contribution is -2.38. The number of ether oxygens (including phenoxy) is 3. The van der Waals surface area contributed by atoms with Crippen molar-refractivity contribution in [2.75, 3.05) is 38.7 Å². The molecule has 1 heterocycles. The van der Waals surface area contributed by atoms with Crippen molar-refractivity contribution in [3.05, 3.63) is 120 Å². The van der Waals surface area contributed by atoms with Crippen LogP contribution in [0, 0.1) is 0 Å². The molecule has 6 rings (SSSR count). The minimum absolute atomic E-state index is 0.0284. The molecular formula is C36H36N2O8S. The minimum Gasteiger partial charge on any atom is -0.506 e. The first-order valence-electron chi connectivity index (χ1n) is 15.3. The van der Waals surface area contributed by atoms with E-state index < -0.39 is 22.2 Å². The lowest BCUT2D eigenvalue weighted by atomic mass is 9.87. The van der Waals surface area contributed by atoms with Crippen molar-refractivity contribution in [2.24, 2.45) is 0 Å². The van der Waals surface area contributed by atoms with Crippen LogP contribution >= 0.6 is 0 Å². The number of nitrogens with one attached hydrogen (secondary N) is 1. The van der Waals surface area contributed by atoms with Gasteiger partial charge in [-0.3, -0.25) is 4.79 Å². The maximum atomic E-state index is 13.5. The van der Waals surface area contributed by atoms with Gasteiger partial charge >= 0.3 is 0 Å². The van der Waals surface area contributed by atoms with Crippen LogP contribution in [0.5, 0.6) is 11.5 Å². The summed E-state index contributed by atoms with van der Waals surface area (Å²) in [5.74, 6) is -0.333. The molecule has 0 saturated heterocycles. The lowest BCUT2D eigenvalue weighted by Gasteiger charge is -2.31. The average Bonchev–Trinajstić information content (AvgIpc) is 3.48. The number of rotatable bonds is 12. The van der Waals surface area contributed by atoms with Gasteiger partial charge in [0, 0.05) is 25.4 Å². The highest BCUT2D eigenvalue weighted by atomic mass is 32.2. The molecule has 2 atom stereocenters. The molecule has 2 unspecified atom stereocenters. The fourth-order valence-corrected chi connectivity index (χ4v) is 7.49. The monoisotopic (exact) mass is 656 g/mol. The predicted molar refractivity (Wildman–Crippen MR) is 177 cm³/mol. The Balaban J connectivity index is 1.23. The number of sulfonamides is 1. The van der Waals surface area contributed by atoms with E-state index in [0.29, 0.717) is 12.2 Å². The maximum Gasteiger partial charge on any atom is 0.290 e. The molecule has 10 nitrogen and oxygen atoms in total. The molecule has 0 fully saturated rings. The molecule has 2 aliphatic rings. The van der Waals surface area contributed by atoms with Gasteiger partial charge in [0.05, 0.1) is 30.9 Å². The van der Waals surface area contributed by atoms with E-state index in [1.54, 1.807) is 36.4 Å². The van der Waals surface area contributed by atoms with Gasteiger partial charge in [0.2, 0.25) is 16.3 Å². The van der Waals surface area contributed by atoms with E-state index in [1.165, 1.54) is 42.0 Å². The zero-order chi connectivity index (χ0) is 33.0. The molecular weight excluding hydrogens is 620 g/mol. The number of para-hydroxylation sites is 2. The SMILES string of the molecule is COc1ccc(S(=O)(=O)N(CCO)CCOC2CC(c3cccc4c3Cc3ccccc3-4)C=C(C(=O)Nc3ccccc3O)O2)cc1. The Morgan fingerprint density at radius 1 is 0.957 bits per heavy atom. The quantitative estimate of drug-likeness (QED) is 0.159. The first-order chi connectivity index (χ1) is 22.8. The molecule has 244 valence electrons. The van der Waals surface area contributed by atoms with E-state index in [4.69, 9.17) is 14.2 Å². The standard InChI is InChI=1S/C36H36N2O8S/c1-44-26-13-15-27(16-14-26)47(42,43)38(17-19-39)18-20-45-35-23-25(22-34(46-35)36(41)37-32-11-4-5-12-33(32)40)29-9-6-10-30-28-8-3-2-7-24(28)21-31(29)30/h2-16,22,25,35,39-40H,17-21,23H2,1H3,(H,37,41). The molecule has 1 amide bonds. The summed E-state index contributed by atoms with van der Waals surface area (Å²) in [5, 5.41) is 22.6. The van der Waals surface area contributed by atoms with E-state index >= 15 is 0 Å². The van der Waals surface area contributed by atoms with Crippen LogP contribution in [0.4, 0.5) is 5.69 Å². The number of benzene rings is 4. The van der Waals surface area contributed by atoms with E-state index in [2.05, 4.69) is 29.6 Å². The fourth-order valence-electron chi connectivity index (χ4n) is 6.07. The molecule has 0 bridgehead atoms. The summed E-state index contributed by atoms with van der Waals surface area (Å²) in [6, 6.07) is 26.9. The van der Waals surface area contributed by atoms with Gasteiger partial charge in [-0.1, -0.05) is 54.6 Å². The first-order valence-corrected chi connectivity index (χ1v) is 16.8. The number of nitrogens with zero attached hydrogens (tertiary/aromatic N) is 1. The number of carbonyl (C=O) groups excluding carboxylic acids is 1. The fraction of sp³-hybridized carbons (Fsp3) is 0.250. The van der Waals surface area contributed by atoms with E-state index in [1.807, 2.05) is 18.2 Å². The molecule has 11 heteroatoms. The van der Waals surface area contributed by atoms with Gasteiger partial charge < -0.3 is 29.7 Å². The number of carbonyl (C=O) groups is 1. The number of fused-ring (bicyclic) bond motifs is 3. The number of phenolic OH excluding ortho intramolecular Hbond substituents is 1. The van der Waals surface area contributed by atoms with Crippen LogP contribution in [-0.2, 0) is 30.7 Å². The highest BCUT2D eigenvalue weighted by Crippen LogP contribution is 2.43. The van der Waals surface area contributed by atoms with Crippen LogP contribution in [0.1, 0.15) is 29.0 Å². The van der Waals surface area contributed by atoms with Gasteiger partial charge in [-0.2, -0.15) is 4.31 Å². The Kier molecular flexibility index (Phi) is 9.60. The second-order valence-corrected chi connectivity index (χ2v) is 13.2. The number of aliphatic hydroxyl groups excluding tert-OH is 1. The Bertz CT molecular complexity index is 1890. The van der Waals surface area contributed by atoms with Crippen molar-refractivity contribution in [1.29, 1.82) is 0 Å². The Morgan fingerprint density at radius 2 is 1.70 bits per heavy atom. The smallest absolute Gasteiger partial charge is 0.290 e. The van der Waals surface area contributed by atoms with Crippen molar-refractivity contribution >= 4 is 21.6 Å². The normalized spacial score (nSPS) is 17.0. The van der Waals surface area contributed by atoms with Crippen LogP contribution in [0.15, 0.2) is 108 Å². The van der Waals surface area contributed by atoms with Crippen molar-refractivity contribution < 1.29 is 37.6 Å². The Hall–Kier alpha value is -4.68. The summed E-state index contributed by atoms with van der Waals surface area (Å²) in [5.41, 5.74) is 6.04. The molecule has 1 aliphatic heterocycles. The number of aliphatic hydroxyl groups is 1. The van der Waals surface area contributed by atoms with Gasteiger partial charge in [-0.05, 0) is 76.7 Å². The second kappa shape index (κ2) is 14.0. The molecule has 4 aromatic carbocycles. The number of methoxy groups -OCH3 is 1. The lowest BCUT2D eigenvalue weighted by molar-refractivity contribution is -0.143. The third-order valence-electron chi connectivity index (χ3n) is 8.41. The first kappa shape index (κ1) is 32.3. The predicted octanol–water partition coefficient (Wildman–Crippen LogP) is 5.02. The van der Waals surface area contributed by atoms with Crippen LogP contribution < -0.4 is 10.1 Å². The van der Waals surface area contributed by atoms with Crippen LogP contribution in [0.3, 0.4) is 0 Å². The third kappa shape index (κ3) is 6.89. The molecule has 0 spiro atoms. The number of amides is 1. The van der Waals surface area contributed by atoms with E-state index in [9.17, 15) is 23.4 Å². The van der Waals surface area contributed by atoms with E-state index in [-0.39, 0.29) is 54.3 Å². The number of hydrogen-bond donors (Lipinski definition) is 3. The average molecular weight is 657 g/mol. The highest BCUT2D eigenvalue weighted by Gasteiger charge is 2.33. The highest BCUT2D eigenvalue weighted by molar-refractivity contribution is 7.89. The Labute approximate surface area is 273 Å². The van der Waals surface area contributed by atoms with Crippen LogP contribution in [0.25, 0.3) is 11.1 Å². The maximum absolute atomic E-state index is 13.5. The second-order valence-electron chi connectivity index (χ2n) is 11.3. The number of aromatic hydroxyl groups is 1. The molecule has 4 aromatic rings. The minimum atomic E-state index is -3.94. The summed E-state index contributed by atoms with van der Waals surface area (Å²) in [4.78, 5) is 13.5. The van der Waals surface area contributed by atoms with Gasteiger partial charge in [-0.15, -0.1) is 0 Å². The summed E-state index contributed by atoms with van der Waals surface area (Å²) < 4.78 is 45.2. The van der Waals surface area contributed by atoms with Crippen molar-refractivity contribution in [2.45, 2.75) is 29.9 Å². The van der Waals surface area contributed by atoms with Crippen LogP contribution in [-0.4, -0.2) is 68.5 Å². The summed E-state index contributed by atoms with van der Waals surface area (Å²) in [6.07, 6.45) is 2.04. The van der Waals surface area contributed by atoms with Crippen molar-refractivity contribution in [1.82, 2.24) is 4.31 Å². The van der Waals surface area contributed by atoms with Gasteiger partial charge in [0.15, 0.2) is 5.76 Å². The zero-order valence-electron chi connectivity index (χ0n) is 25.8. The molecule has 47 heavy (non-hydrogen) atoms. The molecule has 0 aromatic heterocycles. The molecule has 3 N–H and O–H groups in total. The summed E-state index contributed by atoms with van der Waals surface area (Å²) >= 11 is 0. The van der Waals surface area contributed by atoms with Gasteiger partial charge in [0.1, 0.15) is 11.5 Å². The molecule has 0 radical (unpaired) electrons. The van der Waals surface area contributed by atoms with Crippen molar-refractivity contribution in [3.8, 4) is 22.6 Å². The number of allylic oxidation sites excluding steroid dienone is 1. The largest absolute Gasteiger partial charge is 0.506 e. The zero-order valence-corrected chi connectivity index (χ0v) is 26.7. The summed E-state index contributed by atoms with van der Waals surface area (Å²) in [6.45, 7) is -0.618. The Morgan fingerprint density at radius 3 is 2.47 bits per heavy atom. The van der Waals surface area contributed by atoms with Gasteiger partial charge in [0.25, 0.3) is 5.91 Å². The van der Waals surface area contributed by atoms with Gasteiger partial charge in [-0.25, -0.2) is 8.42 Å². The molecule has 0 saturated carbocycles.